The Labute approximate surface area is 132 Å². The molecule has 1 fully saturated rings. The predicted molar refractivity (Wildman–Crippen MR) is 83.7 cm³/mol. The third kappa shape index (κ3) is 3.71. The Kier molecular flexibility index (Phi) is 4.80. The first kappa shape index (κ1) is 15.7. The van der Waals surface area contributed by atoms with Crippen molar-refractivity contribution in [3.05, 3.63) is 22.2 Å². The molecule has 2 rings (SSSR count). The monoisotopic (exact) mass is 330 g/mol. The summed E-state index contributed by atoms with van der Waals surface area (Å²) in [4.78, 5) is 26.9. The molecule has 0 radical (unpaired) electrons. The molecule has 1 saturated heterocycles. The van der Waals surface area contributed by atoms with Crippen LogP contribution < -0.4 is 11.1 Å². The minimum Gasteiger partial charge on any atom is -0.399 e. The summed E-state index contributed by atoms with van der Waals surface area (Å²) in [5, 5.41) is 3.21. The molecule has 8 heteroatoms. The highest BCUT2D eigenvalue weighted by Crippen LogP contribution is 2.32. The lowest BCUT2D eigenvalue weighted by molar-refractivity contribution is -0.116. The first-order valence-electron chi connectivity index (χ1n) is 6.43. The molecule has 114 valence electrons. The molecule has 1 aromatic rings. The van der Waals surface area contributed by atoms with Gasteiger partial charge in [-0.2, -0.15) is 0 Å². The fourth-order valence-corrected chi connectivity index (χ4v) is 2.66. The van der Waals surface area contributed by atoms with Gasteiger partial charge in [-0.25, -0.2) is 4.79 Å². The third-order valence-electron chi connectivity index (χ3n) is 3.24. The van der Waals surface area contributed by atoms with Gasteiger partial charge in [-0.15, -0.1) is 0 Å². The van der Waals surface area contributed by atoms with Crippen molar-refractivity contribution in [3.8, 4) is 0 Å². The van der Waals surface area contributed by atoms with Crippen LogP contribution >= 0.6 is 23.2 Å². The van der Waals surface area contributed by atoms with Crippen molar-refractivity contribution in [2.24, 2.45) is 0 Å². The van der Waals surface area contributed by atoms with Crippen molar-refractivity contribution >= 4 is 46.5 Å². The van der Waals surface area contributed by atoms with Gasteiger partial charge in [0.25, 0.3) is 0 Å². The number of hydrogen-bond donors (Lipinski definition) is 2. The van der Waals surface area contributed by atoms with Crippen LogP contribution in [0, 0.1) is 0 Å². The number of likely N-dealkylation sites (N-methyl/N-ethyl adjacent to an activating group) is 1. The van der Waals surface area contributed by atoms with Crippen LogP contribution in [0.5, 0.6) is 0 Å². The fourth-order valence-electron chi connectivity index (χ4n) is 2.06. The van der Waals surface area contributed by atoms with Gasteiger partial charge in [0.1, 0.15) is 0 Å². The van der Waals surface area contributed by atoms with E-state index in [0.29, 0.717) is 31.0 Å². The SMILES string of the molecule is CN1CCN(CCC(=O)Nc2c(Cl)cc(N)cc2Cl)C1=O. The number of nitrogen functional groups attached to an aromatic ring is 1. The summed E-state index contributed by atoms with van der Waals surface area (Å²) in [6.07, 6.45) is 0.177. The average Bonchev–Trinajstić information content (AvgIpc) is 2.72. The molecule has 1 heterocycles. The van der Waals surface area contributed by atoms with E-state index in [1.54, 1.807) is 16.8 Å². The number of halogens is 2. The highest BCUT2D eigenvalue weighted by Gasteiger charge is 2.25. The average molecular weight is 331 g/mol. The van der Waals surface area contributed by atoms with E-state index in [-0.39, 0.29) is 28.4 Å². The number of urea groups is 1. The molecule has 21 heavy (non-hydrogen) atoms. The zero-order valence-electron chi connectivity index (χ0n) is 11.5. The number of anilines is 2. The fraction of sp³-hybridized carbons (Fsp3) is 0.385. The number of benzene rings is 1. The molecule has 0 bridgehead atoms. The Morgan fingerprint density at radius 2 is 1.95 bits per heavy atom. The highest BCUT2D eigenvalue weighted by atomic mass is 35.5. The maximum Gasteiger partial charge on any atom is 0.319 e. The van der Waals surface area contributed by atoms with Gasteiger partial charge in [0.05, 0.1) is 15.7 Å². The normalized spacial score (nSPS) is 14.7. The number of amides is 3. The molecule has 0 saturated carbocycles. The number of carbonyl (C=O) groups is 2. The molecule has 0 atom stereocenters. The Hall–Kier alpha value is -1.66. The molecular formula is C13H16Cl2N4O2. The van der Waals surface area contributed by atoms with Crippen molar-refractivity contribution in [2.75, 3.05) is 37.7 Å². The number of hydrogen-bond acceptors (Lipinski definition) is 3. The largest absolute Gasteiger partial charge is 0.399 e. The minimum atomic E-state index is -0.258. The Morgan fingerprint density at radius 3 is 2.48 bits per heavy atom. The second kappa shape index (κ2) is 6.41. The summed E-state index contributed by atoms with van der Waals surface area (Å²) < 4.78 is 0. The lowest BCUT2D eigenvalue weighted by Crippen LogP contribution is -2.32. The van der Waals surface area contributed by atoms with Crippen molar-refractivity contribution < 1.29 is 9.59 Å². The van der Waals surface area contributed by atoms with E-state index >= 15 is 0 Å². The summed E-state index contributed by atoms with van der Waals surface area (Å²) in [7, 11) is 1.73. The van der Waals surface area contributed by atoms with E-state index in [9.17, 15) is 9.59 Å². The van der Waals surface area contributed by atoms with Crippen LogP contribution in [0.15, 0.2) is 12.1 Å². The Morgan fingerprint density at radius 1 is 1.33 bits per heavy atom. The zero-order chi connectivity index (χ0) is 15.6. The molecule has 1 aliphatic rings. The van der Waals surface area contributed by atoms with Crippen molar-refractivity contribution in [2.45, 2.75) is 6.42 Å². The summed E-state index contributed by atoms with van der Waals surface area (Å²) in [6.45, 7) is 1.67. The summed E-state index contributed by atoms with van der Waals surface area (Å²) in [5.41, 5.74) is 6.36. The topological polar surface area (TPSA) is 78.7 Å². The summed E-state index contributed by atoms with van der Waals surface area (Å²) in [5.74, 6) is -0.258. The lowest BCUT2D eigenvalue weighted by atomic mass is 10.2. The Bertz CT molecular complexity index is 556. The van der Waals surface area contributed by atoms with Gasteiger partial charge >= 0.3 is 6.03 Å². The smallest absolute Gasteiger partial charge is 0.319 e. The van der Waals surface area contributed by atoms with Crippen LogP contribution in [-0.2, 0) is 4.79 Å². The standard InChI is InChI=1S/C13H16Cl2N4O2/c1-18-4-5-19(13(18)21)3-2-11(20)17-12-9(14)6-8(16)7-10(12)15/h6-7H,2-5,16H2,1H3,(H,17,20). The summed E-state index contributed by atoms with van der Waals surface area (Å²) in [6, 6.07) is 2.97. The first-order valence-corrected chi connectivity index (χ1v) is 7.18. The molecule has 3 amide bonds. The highest BCUT2D eigenvalue weighted by molar-refractivity contribution is 6.40. The minimum absolute atomic E-state index is 0.0636. The quantitative estimate of drug-likeness (QED) is 0.831. The number of carbonyl (C=O) groups excluding carboxylic acids is 2. The lowest BCUT2D eigenvalue weighted by Gasteiger charge is -2.16. The second-order valence-corrected chi connectivity index (χ2v) is 5.66. The second-order valence-electron chi connectivity index (χ2n) is 4.85. The number of rotatable bonds is 4. The number of nitrogens with one attached hydrogen (secondary N) is 1. The molecule has 3 N–H and O–H groups in total. The van der Waals surface area contributed by atoms with Gasteiger partial charge in [0, 0.05) is 38.8 Å². The maximum absolute atomic E-state index is 11.9. The van der Waals surface area contributed by atoms with Gasteiger partial charge < -0.3 is 20.9 Å². The predicted octanol–water partition coefficient (Wildman–Crippen LogP) is 2.27. The molecule has 1 aliphatic heterocycles. The molecule has 0 unspecified atom stereocenters. The molecule has 6 nitrogen and oxygen atoms in total. The molecular weight excluding hydrogens is 315 g/mol. The van der Waals surface area contributed by atoms with E-state index in [1.807, 2.05) is 0 Å². The summed E-state index contributed by atoms with van der Waals surface area (Å²) >= 11 is 12.0. The molecule has 1 aromatic carbocycles. The first-order chi connectivity index (χ1) is 9.88. The van der Waals surface area contributed by atoms with Crippen LogP contribution in [0.4, 0.5) is 16.2 Å². The number of nitrogens with two attached hydrogens (primary N) is 1. The van der Waals surface area contributed by atoms with Crippen LogP contribution in [-0.4, -0.2) is 48.4 Å². The van der Waals surface area contributed by atoms with Gasteiger partial charge in [-0.3, -0.25) is 4.79 Å². The van der Waals surface area contributed by atoms with E-state index in [0.717, 1.165) is 0 Å². The van der Waals surface area contributed by atoms with Gasteiger partial charge in [-0.1, -0.05) is 23.2 Å². The van der Waals surface area contributed by atoms with Crippen LogP contribution in [0.25, 0.3) is 0 Å². The van der Waals surface area contributed by atoms with Crippen LogP contribution in [0.1, 0.15) is 6.42 Å². The van der Waals surface area contributed by atoms with Gasteiger partial charge in [0.15, 0.2) is 0 Å². The van der Waals surface area contributed by atoms with Gasteiger partial charge in [0.2, 0.25) is 5.91 Å². The van der Waals surface area contributed by atoms with E-state index in [2.05, 4.69) is 5.32 Å². The molecule has 0 aliphatic carbocycles. The van der Waals surface area contributed by atoms with Crippen LogP contribution in [0.2, 0.25) is 10.0 Å². The van der Waals surface area contributed by atoms with E-state index in [4.69, 9.17) is 28.9 Å². The zero-order valence-corrected chi connectivity index (χ0v) is 13.0. The maximum atomic E-state index is 11.9. The van der Waals surface area contributed by atoms with Crippen LogP contribution in [0.3, 0.4) is 0 Å². The van der Waals surface area contributed by atoms with E-state index in [1.165, 1.54) is 12.1 Å². The third-order valence-corrected chi connectivity index (χ3v) is 3.84. The molecule has 0 aromatic heterocycles. The Balaban J connectivity index is 1.92. The molecule has 0 spiro atoms. The number of nitrogens with zero attached hydrogens (tertiary/aromatic N) is 2. The van der Waals surface area contributed by atoms with Gasteiger partial charge in [-0.05, 0) is 12.1 Å². The van der Waals surface area contributed by atoms with Crippen molar-refractivity contribution in [1.82, 2.24) is 9.80 Å². The van der Waals surface area contributed by atoms with Crippen molar-refractivity contribution in [3.63, 3.8) is 0 Å². The van der Waals surface area contributed by atoms with E-state index < -0.39 is 0 Å². The van der Waals surface area contributed by atoms with Crippen molar-refractivity contribution in [1.29, 1.82) is 0 Å².